The van der Waals surface area contributed by atoms with E-state index < -0.39 is 5.76 Å². The topological polar surface area (TPSA) is 55.1 Å². The second kappa shape index (κ2) is 8.56. The third kappa shape index (κ3) is 5.45. The van der Waals surface area contributed by atoms with Gasteiger partial charge in [-0.1, -0.05) is 30.3 Å². The summed E-state index contributed by atoms with van der Waals surface area (Å²) in [7, 11) is 0. The van der Waals surface area contributed by atoms with Crippen molar-refractivity contribution in [3.8, 4) is 0 Å². The summed E-state index contributed by atoms with van der Waals surface area (Å²) in [5.74, 6) is -2.46. The Morgan fingerprint density at radius 2 is 2.10 bits per heavy atom. The molecule has 7 heteroatoms. The van der Waals surface area contributed by atoms with Gasteiger partial charge in [0.1, 0.15) is 0 Å². The summed E-state index contributed by atoms with van der Waals surface area (Å²) < 4.78 is 24.9. The molecule has 0 saturated heterocycles. The molecule has 1 aromatic carbocycles. The molecular formula is C14H19ClF2N2OS. The van der Waals surface area contributed by atoms with E-state index in [9.17, 15) is 13.6 Å². The van der Waals surface area contributed by atoms with Gasteiger partial charge in [-0.15, -0.1) is 12.4 Å². The number of carbonyl (C=O) groups is 1. The first-order chi connectivity index (χ1) is 9.56. The van der Waals surface area contributed by atoms with Crippen LogP contribution in [0, 0.1) is 5.92 Å². The highest BCUT2D eigenvalue weighted by molar-refractivity contribution is 7.99. The SMILES string of the molecule is Cl.N[C@@H]1CCC[C@H]1CC(=O)Nc1ccccc1SC(F)F. The number of thioether (sulfide) groups is 1. The van der Waals surface area contributed by atoms with Crippen LogP contribution in [-0.2, 0) is 4.79 Å². The van der Waals surface area contributed by atoms with Crippen molar-refractivity contribution in [2.75, 3.05) is 5.32 Å². The second-order valence-corrected chi connectivity index (χ2v) is 6.01. The van der Waals surface area contributed by atoms with Crippen molar-refractivity contribution in [2.24, 2.45) is 11.7 Å². The van der Waals surface area contributed by atoms with Crippen molar-refractivity contribution in [1.82, 2.24) is 0 Å². The number of benzene rings is 1. The highest BCUT2D eigenvalue weighted by atomic mass is 35.5. The maximum Gasteiger partial charge on any atom is 0.288 e. The van der Waals surface area contributed by atoms with Crippen LogP contribution in [0.3, 0.4) is 0 Å². The van der Waals surface area contributed by atoms with E-state index in [0.29, 0.717) is 28.8 Å². The highest BCUT2D eigenvalue weighted by Gasteiger charge is 2.26. The van der Waals surface area contributed by atoms with Gasteiger partial charge in [-0.2, -0.15) is 8.78 Å². The average molecular weight is 337 g/mol. The molecule has 1 amide bonds. The maximum absolute atomic E-state index is 12.5. The van der Waals surface area contributed by atoms with Crippen LogP contribution in [0.15, 0.2) is 29.2 Å². The molecule has 0 bridgehead atoms. The van der Waals surface area contributed by atoms with Gasteiger partial charge in [-0.05, 0) is 30.9 Å². The smallest absolute Gasteiger partial charge is 0.288 e. The number of hydrogen-bond acceptors (Lipinski definition) is 3. The monoisotopic (exact) mass is 336 g/mol. The van der Waals surface area contributed by atoms with E-state index in [1.165, 1.54) is 0 Å². The summed E-state index contributed by atoms with van der Waals surface area (Å²) in [5.41, 5.74) is 6.37. The van der Waals surface area contributed by atoms with Crippen LogP contribution in [0.25, 0.3) is 0 Å². The lowest BCUT2D eigenvalue weighted by molar-refractivity contribution is -0.117. The predicted molar refractivity (Wildman–Crippen MR) is 84.1 cm³/mol. The fraction of sp³-hybridized carbons (Fsp3) is 0.500. The summed E-state index contributed by atoms with van der Waals surface area (Å²) >= 11 is 0.438. The Bertz CT molecular complexity index is 476. The van der Waals surface area contributed by atoms with Crippen LogP contribution in [-0.4, -0.2) is 17.7 Å². The Kier molecular flexibility index (Phi) is 7.42. The number of para-hydroxylation sites is 1. The molecule has 0 spiro atoms. The minimum absolute atomic E-state index is 0. The summed E-state index contributed by atoms with van der Waals surface area (Å²) in [6, 6.07) is 6.68. The van der Waals surface area contributed by atoms with Gasteiger partial charge in [-0.25, -0.2) is 0 Å². The standard InChI is InChI=1S/C14H18F2N2OS.ClH/c15-14(16)20-12-7-2-1-6-11(12)18-13(19)8-9-4-3-5-10(9)17;/h1-2,6-7,9-10,14H,3-5,8,17H2,(H,18,19);1H/t9-,10+;/m0./s1. The second-order valence-electron chi connectivity index (χ2n) is 4.98. The lowest BCUT2D eigenvalue weighted by Crippen LogP contribution is -2.28. The zero-order valence-corrected chi connectivity index (χ0v) is 13.1. The van der Waals surface area contributed by atoms with Crippen molar-refractivity contribution in [3.05, 3.63) is 24.3 Å². The van der Waals surface area contributed by atoms with Crippen LogP contribution in [0.4, 0.5) is 14.5 Å². The maximum atomic E-state index is 12.5. The van der Waals surface area contributed by atoms with E-state index in [1.807, 2.05) is 0 Å². The third-order valence-electron chi connectivity index (χ3n) is 3.54. The van der Waals surface area contributed by atoms with Gasteiger partial charge in [0.25, 0.3) is 5.76 Å². The molecule has 3 N–H and O–H groups in total. The Morgan fingerprint density at radius 3 is 2.71 bits per heavy atom. The van der Waals surface area contributed by atoms with E-state index >= 15 is 0 Å². The van der Waals surface area contributed by atoms with E-state index in [1.54, 1.807) is 24.3 Å². The van der Waals surface area contributed by atoms with Crippen LogP contribution in [0.1, 0.15) is 25.7 Å². The van der Waals surface area contributed by atoms with Gasteiger partial charge in [0.05, 0.1) is 5.69 Å². The zero-order chi connectivity index (χ0) is 14.5. The Balaban J connectivity index is 0.00000220. The van der Waals surface area contributed by atoms with Crippen LogP contribution in [0.5, 0.6) is 0 Å². The quantitative estimate of drug-likeness (QED) is 0.802. The molecular weight excluding hydrogens is 318 g/mol. The van der Waals surface area contributed by atoms with Gasteiger partial charge in [0, 0.05) is 17.4 Å². The first-order valence-electron chi connectivity index (χ1n) is 6.65. The van der Waals surface area contributed by atoms with Gasteiger partial charge >= 0.3 is 0 Å². The van der Waals surface area contributed by atoms with Crippen molar-refractivity contribution >= 4 is 35.8 Å². The van der Waals surface area contributed by atoms with Crippen LogP contribution < -0.4 is 11.1 Å². The number of anilines is 1. The average Bonchev–Trinajstić information content (AvgIpc) is 2.77. The fourth-order valence-electron chi connectivity index (χ4n) is 2.53. The number of hydrogen-bond donors (Lipinski definition) is 2. The minimum Gasteiger partial charge on any atom is -0.327 e. The lowest BCUT2D eigenvalue weighted by atomic mass is 10.00. The summed E-state index contributed by atoms with van der Waals surface area (Å²) in [4.78, 5) is 12.4. The third-order valence-corrected chi connectivity index (χ3v) is 4.33. The number of carbonyl (C=O) groups excluding carboxylic acids is 1. The largest absolute Gasteiger partial charge is 0.327 e. The number of alkyl halides is 2. The van der Waals surface area contributed by atoms with Gasteiger partial charge in [-0.3, -0.25) is 4.79 Å². The number of amides is 1. The zero-order valence-electron chi connectivity index (χ0n) is 11.4. The number of nitrogens with two attached hydrogens (primary N) is 1. The molecule has 0 unspecified atom stereocenters. The molecule has 1 aromatic rings. The van der Waals surface area contributed by atoms with E-state index in [0.717, 1.165) is 19.3 Å². The Labute approximate surface area is 133 Å². The molecule has 1 aliphatic rings. The molecule has 1 saturated carbocycles. The molecule has 2 rings (SSSR count). The number of rotatable bonds is 5. The first-order valence-corrected chi connectivity index (χ1v) is 7.53. The summed E-state index contributed by atoms with van der Waals surface area (Å²) in [6.45, 7) is 0. The van der Waals surface area contributed by atoms with Gasteiger partial charge in [0.15, 0.2) is 0 Å². The van der Waals surface area contributed by atoms with Gasteiger partial charge < -0.3 is 11.1 Å². The van der Waals surface area contributed by atoms with Crippen molar-refractivity contribution < 1.29 is 13.6 Å². The fourth-order valence-corrected chi connectivity index (χ4v) is 3.12. The predicted octanol–water partition coefficient (Wildman–Crippen LogP) is 3.88. The molecule has 21 heavy (non-hydrogen) atoms. The van der Waals surface area contributed by atoms with E-state index in [2.05, 4.69) is 5.32 Å². The Morgan fingerprint density at radius 1 is 1.38 bits per heavy atom. The first kappa shape index (κ1) is 18.2. The molecule has 1 fully saturated rings. The summed E-state index contributed by atoms with van der Waals surface area (Å²) in [5, 5.41) is 2.71. The minimum atomic E-state index is -2.50. The molecule has 1 aliphatic carbocycles. The van der Waals surface area contributed by atoms with Crippen LogP contribution in [0.2, 0.25) is 0 Å². The number of halogens is 3. The lowest BCUT2D eigenvalue weighted by Gasteiger charge is -2.16. The van der Waals surface area contributed by atoms with Crippen molar-refractivity contribution in [1.29, 1.82) is 0 Å². The van der Waals surface area contributed by atoms with Crippen LogP contribution >= 0.6 is 24.2 Å². The highest BCUT2D eigenvalue weighted by Crippen LogP contribution is 2.32. The number of nitrogens with one attached hydrogen (secondary N) is 1. The molecule has 0 aliphatic heterocycles. The van der Waals surface area contributed by atoms with Crippen molar-refractivity contribution in [2.45, 2.75) is 42.4 Å². The molecule has 0 aromatic heterocycles. The molecule has 3 nitrogen and oxygen atoms in total. The van der Waals surface area contributed by atoms with E-state index in [-0.39, 0.29) is 30.3 Å². The van der Waals surface area contributed by atoms with Crippen molar-refractivity contribution in [3.63, 3.8) is 0 Å². The molecule has 2 atom stereocenters. The molecule has 0 heterocycles. The normalized spacial score (nSPS) is 21.1. The van der Waals surface area contributed by atoms with Gasteiger partial charge in [0.2, 0.25) is 5.91 Å². The summed E-state index contributed by atoms with van der Waals surface area (Å²) in [6.07, 6.45) is 3.32. The Hall–Kier alpha value is -0.850. The van der Waals surface area contributed by atoms with E-state index in [4.69, 9.17) is 5.73 Å². The molecule has 118 valence electrons. The molecule has 0 radical (unpaired) electrons.